The third-order valence-electron chi connectivity index (χ3n) is 6.88. The van der Waals surface area contributed by atoms with E-state index in [0.29, 0.717) is 23.2 Å². The van der Waals surface area contributed by atoms with Crippen LogP contribution in [0.4, 0.5) is 11.4 Å². The Morgan fingerprint density at radius 1 is 0.946 bits per heavy atom. The summed E-state index contributed by atoms with van der Waals surface area (Å²) in [5.41, 5.74) is 4.70. The van der Waals surface area contributed by atoms with E-state index >= 15 is 0 Å². The summed E-state index contributed by atoms with van der Waals surface area (Å²) in [6, 6.07) is 17.3. The van der Waals surface area contributed by atoms with Gasteiger partial charge in [0, 0.05) is 46.7 Å². The largest absolute Gasteiger partial charge is 0.478 e. The van der Waals surface area contributed by atoms with Crippen molar-refractivity contribution in [3.63, 3.8) is 0 Å². The molecule has 5 N–H and O–H groups in total. The highest BCUT2D eigenvalue weighted by atomic mass is 32.1. The van der Waals surface area contributed by atoms with E-state index in [1.807, 2.05) is 30.3 Å². The molecule has 2 aromatic carbocycles. The van der Waals surface area contributed by atoms with E-state index < -0.39 is 11.9 Å². The molecule has 2 saturated heterocycles. The lowest BCUT2D eigenvalue weighted by atomic mass is 9.82. The zero-order valence-electron chi connectivity index (χ0n) is 20.5. The SMILES string of the molecule is O=C(O)/C=C/C(=O)O.S=C(Nc1ccccc1)Nc1ccc2[nH]cc(C3CCN4CCCCC4C3)c2c1. The van der Waals surface area contributed by atoms with Gasteiger partial charge in [0.05, 0.1) is 0 Å². The number of fused-ring (bicyclic) bond motifs is 2. The van der Waals surface area contributed by atoms with Crippen LogP contribution in [-0.4, -0.2) is 56.3 Å². The number of benzene rings is 2. The molecule has 2 aliphatic rings. The number of aliphatic carboxylic acids is 2. The zero-order chi connectivity index (χ0) is 26.2. The summed E-state index contributed by atoms with van der Waals surface area (Å²) < 4.78 is 0. The Morgan fingerprint density at radius 2 is 1.68 bits per heavy atom. The van der Waals surface area contributed by atoms with Gasteiger partial charge in [-0.1, -0.05) is 24.6 Å². The first-order valence-electron chi connectivity index (χ1n) is 12.5. The Morgan fingerprint density at radius 3 is 2.41 bits per heavy atom. The fourth-order valence-corrected chi connectivity index (χ4v) is 5.42. The molecule has 5 rings (SSSR count). The van der Waals surface area contributed by atoms with Crippen LogP contribution in [-0.2, 0) is 9.59 Å². The third kappa shape index (κ3) is 7.41. The predicted molar refractivity (Wildman–Crippen MR) is 150 cm³/mol. The summed E-state index contributed by atoms with van der Waals surface area (Å²) in [5.74, 6) is -1.87. The number of carbonyl (C=O) groups is 2. The lowest BCUT2D eigenvalue weighted by molar-refractivity contribution is -0.134. The van der Waals surface area contributed by atoms with Gasteiger partial charge in [0.15, 0.2) is 5.11 Å². The van der Waals surface area contributed by atoms with Gasteiger partial charge in [-0.05, 0) is 92.8 Å². The molecule has 0 aliphatic carbocycles. The van der Waals surface area contributed by atoms with Crippen molar-refractivity contribution in [3.05, 3.63) is 72.4 Å². The average molecular weight is 521 g/mol. The quantitative estimate of drug-likeness (QED) is 0.224. The van der Waals surface area contributed by atoms with Gasteiger partial charge in [0.2, 0.25) is 0 Å². The van der Waals surface area contributed by atoms with Crippen LogP contribution < -0.4 is 10.6 Å². The fourth-order valence-electron chi connectivity index (χ4n) is 5.19. The number of H-pyrrole nitrogens is 1. The number of para-hydroxylation sites is 1. The smallest absolute Gasteiger partial charge is 0.328 e. The molecule has 2 unspecified atom stereocenters. The summed E-state index contributed by atoms with van der Waals surface area (Å²) in [6.07, 6.45) is 10.0. The second kappa shape index (κ2) is 12.5. The van der Waals surface area contributed by atoms with Crippen molar-refractivity contribution < 1.29 is 19.8 Å². The molecule has 9 heteroatoms. The third-order valence-corrected chi connectivity index (χ3v) is 7.09. The Hall–Kier alpha value is -3.69. The number of nitrogens with zero attached hydrogens (tertiary/aromatic N) is 1. The zero-order valence-corrected chi connectivity index (χ0v) is 21.3. The summed E-state index contributed by atoms with van der Waals surface area (Å²) in [6.45, 7) is 2.54. The minimum atomic E-state index is -1.26. The normalized spacial score (nSPS) is 19.5. The number of aromatic amines is 1. The Labute approximate surface area is 221 Å². The lowest BCUT2D eigenvalue weighted by Gasteiger charge is -2.42. The summed E-state index contributed by atoms with van der Waals surface area (Å²) in [7, 11) is 0. The van der Waals surface area contributed by atoms with Crippen LogP contribution in [0.1, 0.15) is 43.6 Å². The van der Waals surface area contributed by atoms with Crippen molar-refractivity contribution in [1.29, 1.82) is 0 Å². The molecule has 2 atom stereocenters. The highest BCUT2D eigenvalue weighted by Crippen LogP contribution is 2.38. The van der Waals surface area contributed by atoms with Gasteiger partial charge in [0.1, 0.15) is 0 Å². The van der Waals surface area contributed by atoms with Crippen molar-refractivity contribution in [3.8, 4) is 0 Å². The molecule has 37 heavy (non-hydrogen) atoms. The number of carboxylic acids is 2. The monoisotopic (exact) mass is 520 g/mol. The molecule has 3 aromatic rings. The summed E-state index contributed by atoms with van der Waals surface area (Å²) in [5, 5.41) is 24.2. The Balaban J connectivity index is 0.000000349. The first kappa shape index (κ1) is 26.4. The fraction of sp³-hybridized carbons (Fsp3) is 0.321. The number of piperidine rings is 2. The van der Waals surface area contributed by atoms with E-state index in [-0.39, 0.29) is 0 Å². The van der Waals surface area contributed by atoms with Crippen LogP contribution in [0.2, 0.25) is 0 Å². The number of thiocarbonyl (C=S) groups is 1. The second-order valence-electron chi connectivity index (χ2n) is 9.37. The number of aromatic nitrogens is 1. The average Bonchev–Trinajstić information content (AvgIpc) is 3.31. The van der Waals surface area contributed by atoms with E-state index in [0.717, 1.165) is 17.4 Å². The van der Waals surface area contributed by atoms with Crippen molar-refractivity contribution >= 4 is 51.5 Å². The van der Waals surface area contributed by atoms with Crippen molar-refractivity contribution in [2.45, 2.75) is 44.1 Å². The highest BCUT2D eigenvalue weighted by molar-refractivity contribution is 7.80. The van der Waals surface area contributed by atoms with Gasteiger partial charge in [-0.15, -0.1) is 0 Å². The van der Waals surface area contributed by atoms with Crippen LogP contribution in [0.5, 0.6) is 0 Å². The standard InChI is InChI=1S/C24H28N4S.C4H4O4/c29-24(26-18-6-2-1-3-7-18)27-19-9-10-23-21(15-19)22(16-25-23)17-11-13-28-12-5-4-8-20(28)14-17;5-3(6)1-2-4(7)8/h1-3,6-7,9-10,15-17,20,25H,4-5,8,11-14H2,(H2,26,27,29);1-2H,(H,5,6)(H,7,8)/b;2-1+. The maximum Gasteiger partial charge on any atom is 0.328 e. The molecule has 194 valence electrons. The van der Waals surface area contributed by atoms with Gasteiger partial charge >= 0.3 is 11.9 Å². The van der Waals surface area contributed by atoms with Crippen LogP contribution in [0.25, 0.3) is 10.9 Å². The minimum absolute atomic E-state index is 0.558. The minimum Gasteiger partial charge on any atom is -0.478 e. The van der Waals surface area contributed by atoms with Crippen LogP contribution in [0.15, 0.2) is 66.9 Å². The number of rotatable bonds is 5. The molecule has 2 fully saturated rings. The van der Waals surface area contributed by atoms with E-state index in [2.05, 4.69) is 44.9 Å². The molecule has 0 saturated carbocycles. The van der Waals surface area contributed by atoms with Gasteiger partial charge in [-0.3, -0.25) is 0 Å². The number of anilines is 2. The van der Waals surface area contributed by atoms with Crippen molar-refractivity contribution in [1.82, 2.24) is 9.88 Å². The summed E-state index contributed by atoms with van der Waals surface area (Å²) >= 11 is 5.51. The lowest BCUT2D eigenvalue weighted by Crippen LogP contribution is -2.44. The molecule has 0 bridgehead atoms. The molecular weight excluding hydrogens is 488 g/mol. The van der Waals surface area contributed by atoms with E-state index in [9.17, 15) is 9.59 Å². The maximum absolute atomic E-state index is 9.55. The second-order valence-corrected chi connectivity index (χ2v) is 9.77. The van der Waals surface area contributed by atoms with Gasteiger partial charge in [-0.25, -0.2) is 9.59 Å². The van der Waals surface area contributed by atoms with E-state index in [1.165, 1.54) is 61.7 Å². The number of hydrogen-bond donors (Lipinski definition) is 5. The Bertz CT molecular complexity index is 1260. The number of nitrogens with one attached hydrogen (secondary N) is 3. The highest BCUT2D eigenvalue weighted by Gasteiger charge is 2.31. The summed E-state index contributed by atoms with van der Waals surface area (Å²) in [4.78, 5) is 25.3. The van der Waals surface area contributed by atoms with E-state index in [4.69, 9.17) is 22.4 Å². The van der Waals surface area contributed by atoms with E-state index in [1.54, 1.807) is 0 Å². The first-order valence-corrected chi connectivity index (χ1v) is 12.9. The van der Waals surface area contributed by atoms with Gasteiger partial charge in [-0.2, -0.15) is 0 Å². The van der Waals surface area contributed by atoms with Gasteiger partial charge in [0.25, 0.3) is 0 Å². The molecule has 3 heterocycles. The molecule has 8 nitrogen and oxygen atoms in total. The van der Waals surface area contributed by atoms with Crippen molar-refractivity contribution in [2.24, 2.45) is 0 Å². The molecule has 0 spiro atoms. The van der Waals surface area contributed by atoms with Gasteiger partial charge < -0.3 is 30.7 Å². The van der Waals surface area contributed by atoms with Crippen LogP contribution in [0, 0.1) is 0 Å². The van der Waals surface area contributed by atoms with Crippen LogP contribution in [0.3, 0.4) is 0 Å². The van der Waals surface area contributed by atoms with Crippen molar-refractivity contribution in [2.75, 3.05) is 23.7 Å². The Kier molecular flexibility index (Phi) is 8.92. The number of hydrogen-bond acceptors (Lipinski definition) is 4. The predicted octanol–water partition coefficient (Wildman–Crippen LogP) is 5.42. The first-order chi connectivity index (χ1) is 17.9. The van der Waals surface area contributed by atoms with Crippen LogP contribution >= 0.6 is 12.2 Å². The molecule has 0 radical (unpaired) electrons. The molecule has 1 aromatic heterocycles. The maximum atomic E-state index is 9.55. The molecular formula is C28H32N4O4S. The molecule has 2 aliphatic heterocycles. The molecule has 0 amide bonds. The number of carboxylic acid groups (broad SMARTS) is 2. The topological polar surface area (TPSA) is 118 Å².